The highest BCUT2D eigenvalue weighted by Gasteiger charge is 2.20. The Balaban J connectivity index is 1.73. The molecule has 0 amide bonds. The molecule has 3 N–H and O–H groups in total. The lowest BCUT2D eigenvalue weighted by atomic mass is 10.2. The fourth-order valence-corrected chi connectivity index (χ4v) is 2.76. The molecule has 1 aromatic heterocycles. The van der Waals surface area contributed by atoms with E-state index < -0.39 is 6.10 Å². The van der Waals surface area contributed by atoms with Crippen molar-refractivity contribution in [3.05, 3.63) is 54.1 Å². The van der Waals surface area contributed by atoms with Crippen molar-refractivity contribution >= 4 is 17.0 Å². The van der Waals surface area contributed by atoms with Crippen LogP contribution in [0, 0.1) is 6.92 Å². The first-order chi connectivity index (χ1) is 11.1. The molecule has 0 fully saturated rings. The fourth-order valence-electron chi connectivity index (χ4n) is 2.76. The number of aryl methyl sites for hydroxylation is 2. The number of hydrogen-bond acceptors (Lipinski definition) is 3. The minimum atomic E-state index is -0.645. The molecule has 0 aliphatic carbocycles. The van der Waals surface area contributed by atoms with Crippen molar-refractivity contribution in [3.63, 3.8) is 0 Å². The Morgan fingerprint density at radius 1 is 1.22 bits per heavy atom. The fraction of sp³-hybridized carbons (Fsp3) is 0.278. The van der Waals surface area contributed by atoms with Gasteiger partial charge in [-0.05, 0) is 36.8 Å². The van der Waals surface area contributed by atoms with Crippen molar-refractivity contribution in [2.45, 2.75) is 19.6 Å². The first-order valence-electron chi connectivity index (χ1n) is 7.66. The molecule has 0 bridgehead atoms. The molecule has 0 saturated carbocycles. The average Bonchev–Trinajstić information content (AvgIpc) is 2.79. The third-order valence-corrected chi connectivity index (χ3v) is 3.98. The van der Waals surface area contributed by atoms with Crippen LogP contribution in [0.15, 0.2) is 48.5 Å². The van der Waals surface area contributed by atoms with Crippen LogP contribution in [-0.4, -0.2) is 22.4 Å². The summed E-state index contributed by atoms with van der Waals surface area (Å²) in [4.78, 5) is 0. The van der Waals surface area contributed by atoms with E-state index in [-0.39, 0.29) is 6.61 Å². The second-order valence-electron chi connectivity index (χ2n) is 5.80. The summed E-state index contributed by atoms with van der Waals surface area (Å²) in [5.74, 6) is 1.38. The van der Waals surface area contributed by atoms with E-state index in [1.54, 1.807) is 0 Å². The van der Waals surface area contributed by atoms with Crippen LogP contribution in [0.5, 0.6) is 5.75 Å². The summed E-state index contributed by atoms with van der Waals surface area (Å²) >= 11 is 0. The third kappa shape index (κ3) is 3.14. The van der Waals surface area contributed by atoms with Gasteiger partial charge in [0, 0.05) is 0 Å². The van der Waals surface area contributed by atoms with Gasteiger partial charge in [-0.3, -0.25) is 5.73 Å². The Morgan fingerprint density at radius 3 is 2.78 bits per heavy atom. The van der Waals surface area contributed by atoms with E-state index in [0.717, 1.165) is 22.3 Å². The monoisotopic (exact) mass is 312 g/mol. The molecule has 0 saturated heterocycles. The van der Waals surface area contributed by atoms with Crippen molar-refractivity contribution in [2.75, 3.05) is 12.3 Å². The molecule has 0 spiro atoms. The third-order valence-electron chi connectivity index (χ3n) is 3.98. The lowest BCUT2D eigenvalue weighted by Gasteiger charge is -2.12. The molecule has 120 valence electrons. The maximum absolute atomic E-state index is 10.3. The maximum Gasteiger partial charge on any atom is 0.355 e. The van der Waals surface area contributed by atoms with Crippen LogP contribution >= 0.6 is 0 Å². The number of aromatic nitrogens is 2. The number of anilines is 1. The first kappa shape index (κ1) is 15.4. The predicted molar refractivity (Wildman–Crippen MR) is 90.2 cm³/mol. The molecule has 0 radical (unpaired) electrons. The van der Waals surface area contributed by atoms with Gasteiger partial charge in [0.2, 0.25) is 0 Å². The van der Waals surface area contributed by atoms with Gasteiger partial charge in [-0.2, -0.15) is 0 Å². The Hall–Kier alpha value is -2.53. The standard InChI is InChI=1S/C18H21N3O2/c1-13-6-5-7-15(10-13)23-12-14(22)11-21-17-9-4-3-8-16(17)20(2)18(21)19/h3-10,14,19,22H,11-12H2,1-2H3/p+1/t14-/m0/s1. The smallest absolute Gasteiger partial charge is 0.355 e. The van der Waals surface area contributed by atoms with Gasteiger partial charge in [0.15, 0.2) is 0 Å². The number of para-hydroxylation sites is 2. The van der Waals surface area contributed by atoms with Gasteiger partial charge in [-0.25, -0.2) is 9.13 Å². The number of hydrogen-bond donors (Lipinski definition) is 2. The maximum atomic E-state index is 10.3. The highest BCUT2D eigenvalue weighted by molar-refractivity contribution is 5.73. The molecule has 3 rings (SSSR count). The average molecular weight is 312 g/mol. The predicted octanol–water partition coefficient (Wildman–Crippen LogP) is 1.80. The van der Waals surface area contributed by atoms with Crippen LogP contribution in [0.4, 0.5) is 5.95 Å². The summed E-state index contributed by atoms with van der Waals surface area (Å²) in [7, 11) is 1.92. The summed E-state index contributed by atoms with van der Waals surface area (Å²) < 4.78 is 9.50. The number of benzene rings is 2. The highest BCUT2D eigenvalue weighted by Crippen LogP contribution is 2.17. The minimum absolute atomic E-state index is 0.221. The molecule has 1 atom stereocenters. The number of imidazole rings is 1. The van der Waals surface area contributed by atoms with Crippen molar-refractivity contribution in [3.8, 4) is 5.75 Å². The molecule has 2 aromatic carbocycles. The van der Waals surface area contributed by atoms with Crippen molar-refractivity contribution in [2.24, 2.45) is 7.05 Å². The lowest BCUT2D eigenvalue weighted by molar-refractivity contribution is -0.630. The van der Waals surface area contributed by atoms with Gasteiger partial charge in [-0.1, -0.05) is 24.3 Å². The zero-order chi connectivity index (χ0) is 16.4. The lowest BCUT2D eigenvalue weighted by Crippen LogP contribution is -2.32. The topological polar surface area (TPSA) is 64.3 Å². The van der Waals surface area contributed by atoms with E-state index in [1.165, 1.54) is 0 Å². The van der Waals surface area contributed by atoms with Crippen LogP contribution in [0.25, 0.3) is 11.0 Å². The molecule has 1 heterocycles. The molecule has 23 heavy (non-hydrogen) atoms. The van der Waals surface area contributed by atoms with Crippen LogP contribution < -0.4 is 15.0 Å². The van der Waals surface area contributed by atoms with E-state index in [9.17, 15) is 5.11 Å². The summed E-state index contributed by atoms with van der Waals surface area (Å²) in [6, 6.07) is 15.7. The van der Waals surface area contributed by atoms with Gasteiger partial charge >= 0.3 is 5.95 Å². The molecular weight excluding hydrogens is 290 g/mol. The van der Waals surface area contributed by atoms with Crippen LogP contribution in [0.3, 0.4) is 0 Å². The number of nitrogen functional groups attached to an aromatic ring is 1. The molecule has 0 unspecified atom stereocenters. The number of ether oxygens (including phenoxy) is 1. The van der Waals surface area contributed by atoms with Gasteiger partial charge in [0.1, 0.15) is 36.0 Å². The molecular formula is C18H22N3O2+. The van der Waals surface area contributed by atoms with E-state index in [2.05, 4.69) is 0 Å². The molecule has 3 aromatic rings. The molecule has 5 nitrogen and oxygen atoms in total. The molecule has 0 aliphatic heterocycles. The number of aliphatic hydroxyl groups is 1. The highest BCUT2D eigenvalue weighted by atomic mass is 16.5. The van der Waals surface area contributed by atoms with Crippen molar-refractivity contribution < 1.29 is 14.4 Å². The summed E-state index contributed by atoms with van der Waals surface area (Å²) in [5, 5.41) is 10.3. The summed E-state index contributed by atoms with van der Waals surface area (Å²) in [6.07, 6.45) is -0.645. The summed E-state index contributed by atoms with van der Waals surface area (Å²) in [6.45, 7) is 2.62. The second kappa shape index (κ2) is 6.30. The normalized spacial score (nSPS) is 12.5. The molecule has 0 aliphatic rings. The Labute approximate surface area is 135 Å². The largest absolute Gasteiger partial charge is 0.491 e. The van der Waals surface area contributed by atoms with E-state index in [1.807, 2.05) is 71.6 Å². The zero-order valence-electron chi connectivity index (χ0n) is 13.4. The Morgan fingerprint density at radius 2 is 2.00 bits per heavy atom. The van der Waals surface area contributed by atoms with Crippen LogP contribution in [-0.2, 0) is 13.6 Å². The van der Waals surface area contributed by atoms with E-state index >= 15 is 0 Å². The van der Waals surface area contributed by atoms with Crippen molar-refractivity contribution in [1.82, 2.24) is 4.57 Å². The zero-order valence-corrected chi connectivity index (χ0v) is 13.4. The number of rotatable bonds is 5. The van der Waals surface area contributed by atoms with Crippen molar-refractivity contribution in [1.29, 1.82) is 0 Å². The van der Waals surface area contributed by atoms with E-state index in [0.29, 0.717) is 12.5 Å². The van der Waals surface area contributed by atoms with Gasteiger partial charge < -0.3 is 9.84 Å². The van der Waals surface area contributed by atoms with Gasteiger partial charge in [-0.15, -0.1) is 0 Å². The van der Waals surface area contributed by atoms with E-state index in [4.69, 9.17) is 10.5 Å². The first-order valence-corrected chi connectivity index (χ1v) is 7.66. The summed E-state index contributed by atoms with van der Waals surface area (Å²) in [5.41, 5.74) is 9.33. The van der Waals surface area contributed by atoms with Crippen LogP contribution in [0.1, 0.15) is 5.56 Å². The number of fused-ring (bicyclic) bond motifs is 1. The SMILES string of the molecule is Cc1cccc(OC[C@@H](O)Cn2c(N)[n+](C)c3ccccc32)c1. The minimum Gasteiger partial charge on any atom is -0.491 e. The Bertz CT molecular complexity index is 826. The quantitative estimate of drug-likeness (QED) is 0.706. The van der Waals surface area contributed by atoms with Crippen LogP contribution in [0.2, 0.25) is 0 Å². The van der Waals surface area contributed by atoms with Gasteiger partial charge in [0.25, 0.3) is 0 Å². The number of nitrogens with two attached hydrogens (primary N) is 1. The molecule has 5 heteroatoms. The number of aliphatic hydroxyl groups excluding tert-OH is 1. The van der Waals surface area contributed by atoms with Gasteiger partial charge in [0.05, 0.1) is 7.05 Å². The Kier molecular flexibility index (Phi) is 4.21. The number of nitrogens with zero attached hydrogens (tertiary/aromatic N) is 2. The second-order valence-corrected chi connectivity index (χ2v) is 5.80.